The standard InChI is InChI=1S/C13H24OS/c1-4-11(3)15-9-13(14)12-7-5-6-10(2)8-12/h10-12H,4-9H2,1-3H3. The summed E-state index contributed by atoms with van der Waals surface area (Å²) in [6, 6.07) is 0. The second-order valence-electron chi connectivity index (χ2n) is 4.96. The number of carbonyl (C=O) groups is 1. The highest BCUT2D eigenvalue weighted by Crippen LogP contribution is 2.30. The summed E-state index contributed by atoms with van der Waals surface area (Å²) in [4.78, 5) is 11.9. The van der Waals surface area contributed by atoms with Gasteiger partial charge in [0.1, 0.15) is 5.78 Å². The zero-order valence-electron chi connectivity index (χ0n) is 10.3. The molecule has 3 atom stereocenters. The smallest absolute Gasteiger partial charge is 0.145 e. The number of ketones is 1. The highest BCUT2D eigenvalue weighted by Gasteiger charge is 2.24. The van der Waals surface area contributed by atoms with Gasteiger partial charge in [-0.1, -0.05) is 33.6 Å². The molecule has 1 rings (SSSR count). The van der Waals surface area contributed by atoms with Gasteiger partial charge in [-0.3, -0.25) is 4.79 Å². The Balaban J connectivity index is 2.26. The monoisotopic (exact) mass is 228 g/mol. The first kappa shape index (κ1) is 13.1. The molecule has 0 saturated heterocycles. The largest absolute Gasteiger partial charge is 0.298 e. The number of hydrogen-bond acceptors (Lipinski definition) is 2. The van der Waals surface area contributed by atoms with Crippen LogP contribution in [0.2, 0.25) is 0 Å². The van der Waals surface area contributed by atoms with Crippen molar-refractivity contribution in [1.29, 1.82) is 0 Å². The summed E-state index contributed by atoms with van der Waals surface area (Å²) in [6.07, 6.45) is 6.02. The van der Waals surface area contributed by atoms with Crippen LogP contribution < -0.4 is 0 Å². The van der Waals surface area contributed by atoms with E-state index in [1.807, 2.05) is 11.8 Å². The van der Waals surface area contributed by atoms with E-state index in [4.69, 9.17) is 0 Å². The van der Waals surface area contributed by atoms with E-state index in [1.165, 1.54) is 19.3 Å². The third-order valence-corrected chi connectivity index (χ3v) is 4.83. The van der Waals surface area contributed by atoms with Gasteiger partial charge >= 0.3 is 0 Å². The summed E-state index contributed by atoms with van der Waals surface area (Å²) in [6.45, 7) is 6.67. The summed E-state index contributed by atoms with van der Waals surface area (Å²) in [7, 11) is 0. The first-order valence-corrected chi connectivity index (χ1v) is 7.32. The fraction of sp³-hybridized carbons (Fsp3) is 0.923. The van der Waals surface area contributed by atoms with Gasteiger partial charge < -0.3 is 0 Å². The van der Waals surface area contributed by atoms with Crippen LogP contribution in [0.3, 0.4) is 0 Å². The number of carbonyl (C=O) groups excluding carboxylic acids is 1. The van der Waals surface area contributed by atoms with Crippen molar-refractivity contribution < 1.29 is 4.79 Å². The van der Waals surface area contributed by atoms with Gasteiger partial charge in [-0.05, 0) is 25.2 Å². The maximum Gasteiger partial charge on any atom is 0.145 e. The topological polar surface area (TPSA) is 17.1 Å². The van der Waals surface area contributed by atoms with Gasteiger partial charge in [0.2, 0.25) is 0 Å². The molecule has 1 aliphatic carbocycles. The van der Waals surface area contributed by atoms with E-state index in [0.717, 1.165) is 24.5 Å². The van der Waals surface area contributed by atoms with Gasteiger partial charge in [-0.2, -0.15) is 11.8 Å². The fourth-order valence-corrected chi connectivity index (χ4v) is 3.11. The number of rotatable bonds is 5. The van der Waals surface area contributed by atoms with Crippen LogP contribution in [0.25, 0.3) is 0 Å². The molecule has 0 radical (unpaired) electrons. The molecule has 1 saturated carbocycles. The molecule has 0 aromatic carbocycles. The van der Waals surface area contributed by atoms with Crippen LogP contribution in [-0.4, -0.2) is 16.8 Å². The quantitative estimate of drug-likeness (QED) is 0.709. The summed E-state index contributed by atoms with van der Waals surface area (Å²) in [5.74, 6) is 2.39. The van der Waals surface area contributed by atoms with Crippen LogP contribution in [0.5, 0.6) is 0 Å². The maximum atomic E-state index is 11.9. The van der Waals surface area contributed by atoms with E-state index in [2.05, 4.69) is 20.8 Å². The fourth-order valence-electron chi connectivity index (χ4n) is 2.19. The predicted molar refractivity (Wildman–Crippen MR) is 68.3 cm³/mol. The summed E-state index contributed by atoms with van der Waals surface area (Å²) in [5, 5.41) is 0.634. The zero-order valence-corrected chi connectivity index (χ0v) is 11.1. The van der Waals surface area contributed by atoms with Gasteiger partial charge in [0.25, 0.3) is 0 Å². The second kappa shape index (κ2) is 6.57. The molecule has 0 amide bonds. The average molecular weight is 228 g/mol. The van der Waals surface area contributed by atoms with Crippen molar-refractivity contribution in [2.45, 2.75) is 58.1 Å². The van der Waals surface area contributed by atoms with Crippen LogP contribution in [0.1, 0.15) is 52.9 Å². The van der Waals surface area contributed by atoms with Crippen molar-refractivity contribution >= 4 is 17.5 Å². The van der Waals surface area contributed by atoms with E-state index < -0.39 is 0 Å². The van der Waals surface area contributed by atoms with Crippen molar-refractivity contribution in [2.75, 3.05) is 5.75 Å². The zero-order chi connectivity index (χ0) is 11.3. The minimum absolute atomic E-state index is 0.380. The summed E-state index contributed by atoms with van der Waals surface area (Å²) < 4.78 is 0. The molecule has 0 heterocycles. The average Bonchev–Trinajstić information content (AvgIpc) is 2.25. The molecule has 1 nitrogen and oxygen atoms in total. The molecule has 0 aliphatic heterocycles. The molecule has 1 aliphatic rings. The Labute approximate surface area is 98.4 Å². The van der Waals surface area contributed by atoms with E-state index in [0.29, 0.717) is 17.0 Å². The molecule has 88 valence electrons. The molecule has 2 heteroatoms. The van der Waals surface area contributed by atoms with Crippen LogP contribution in [0.15, 0.2) is 0 Å². The Kier molecular flexibility index (Phi) is 5.73. The second-order valence-corrected chi connectivity index (χ2v) is 6.39. The highest BCUT2D eigenvalue weighted by atomic mass is 32.2. The molecule has 15 heavy (non-hydrogen) atoms. The lowest BCUT2D eigenvalue weighted by molar-refractivity contribution is -0.121. The van der Waals surface area contributed by atoms with E-state index in [9.17, 15) is 4.79 Å². The molecule has 0 N–H and O–H groups in total. The van der Waals surface area contributed by atoms with Crippen molar-refractivity contribution in [3.63, 3.8) is 0 Å². The Morgan fingerprint density at radius 3 is 2.80 bits per heavy atom. The lowest BCUT2D eigenvalue weighted by Gasteiger charge is -2.25. The van der Waals surface area contributed by atoms with E-state index >= 15 is 0 Å². The summed E-state index contributed by atoms with van der Waals surface area (Å²) in [5.41, 5.74) is 0. The first-order chi connectivity index (χ1) is 7.13. The van der Waals surface area contributed by atoms with Gasteiger partial charge in [0.05, 0.1) is 5.75 Å². The van der Waals surface area contributed by atoms with Crippen molar-refractivity contribution in [3.05, 3.63) is 0 Å². The molecule has 0 aromatic heterocycles. The minimum Gasteiger partial charge on any atom is -0.298 e. The van der Waals surface area contributed by atoms with Crippen LogP contribution in [0, 0.1) is 11.8 Å². The molecule has 1 fully saturated rings. The number of thioether (sulfide) groups is 1. The third kappa shape index (κ3) is 4.58. The number of Topliss-reactive ketones (excluding diaryl/α,β-unsaturated/α-hetero) is 1. The summed E-state index contributed by atoms with van der Waals surface area (Å²) >= 11 is 1.83. The molecular weight excluding hydrogens is 204 g/mol. The molecule has 0 spiro atoms. The van der Waals surface area contributed by atoms with Crippen molar-refractivity contribution in [1.82, 2.24) is 0 Å². The molecule has 3 unspecified atom stereocenters. The maximum absolute atomic E-state index is 11.9. The van der Waals surface area contributed by atoms with E-state index in [1.54, 1.807) is 0 Å². The van der Waals surface area contributed by atoms with E-state index in [-0.39, 0.29) is 0 Å². The lowest BCUT2D eigenvalue weighted by Crippen LogP contribution is -2.23. The van der Waals surface area contributed by atoms with Crippen LogP contribution >= 0.6 is 11.8 Å². The van der Waals surface area contributed by atoms with Gasteiger partial charge in [0.15, 0.2) is 0 Å². The third-order valence-electron chi connectivity index (χ3n) is 3.48. The van der Waals surface area contributed by atoms with Crippen LogP contribution in [0.4, 0.5) is 0 Å². The Hall–Kier alpha value is 0.0200. The van der Waals surface area contributed by atoms with Gasteiger partial charge in [-0.25, -0.2) is 0 Å². The predicted octanol–water partition coefficient (Wildman–Crippen LogP) is 3.91. The van der Waals surface area contributed by atoms with Crippen LogP contribution in [-0.2, 0) is 4.79 Å². The highest BCUT2D eigenvalue weighted by molar-refractivity contribution is 8.00. The Morgan fingerprint density at radius 2 is 2.20 bits per heavy atom. The van der Waals surface area contributed by atoms with Crippen molar-refractivity contribution in [2.24, 2.45) is 11.8 Å². The Morgan fingerprint density at radius 1 is 1.47 bits per heavy atom. The minimum atomic E-state index is 0.380. The number of hydrogen-bond donors (Lipinski definition) is 0. The lowest BCUT2D eigenvalue weighted by atomic mass is 9.81. The molecule has 0 aromatic rings. The van der Waals surface area contributed by atoms with Gasteiger partial charge in [-0.15, -0.1) is 0 Å². The SMILES string of the molecule is CCC(C)SCC(=O)C1CCCC(C)C1. The normalized spacial score (nSPS) is 28.7. The first-order valence-electron chi connectivity index (χ1n) is 6.27. The van der Waals surface area contributed by atoms with Crippen molar-refractivity contribution in [3.8, 4) is 0 Å². The molecular formula is C13H24OS. The Bertz CT molecular complexity index is 203. The molecule has 0 bridgehead atoms. The van der Waals surface area contributed by atoms with Gasteiger partial charge in [0, 0.05) is 11.2 Å².